The fraction of sp³-hybridized carbons (Fsp3) is 0.227. The molecule has 3 aromatic carbocycles. The van der Waals surface area contributed by atoms with Crippen LogP contribution in [0.4, 0.5) is 16.2 Å². The van der Waals surface area contributed by atoms with Crippen molar-refractivity contribution in [2.75, 3.05) is 36.6 Å². The largest absolute Gasteiger partial charge is 0.377 e. The number of benzene rings is 3. The second kappa shape index (κ2) is 9.65. The van der Waals surface area contributed by atoms with Crippen LogP contribution in [0.3, 0.4) is 0 Å². The molecule has 0 atom stereocenters. The number of carbonyl (C=O) groups excluding carboxylic acids is 1. The molecular weight excluding hydrogens is 513 g/mol. The zero-order valence-corrected chi connectivity index (χ0v) is 19.8. The van der Waals surface area contributed by atoms with Gasteiger partial charge in [0.25, 0.3) is 0 Å². The van der Waals surface area contributed by atoms with E-state index in [1.165, 1.54) is 0 Å². The highest BCUT2D eigenvalue weighted by Gasteiger charge is 2.18. The van der Waals surface area contributed by atoms with E-state index in [4.69, 9.17) is 0 Å². The lowest BCUT2D eigenvalue weighted by atomic mass is 10.1. The molecule has 0 radical (unpaired) electrons. The quantitative estimate of drug-likeness (QED) is 0.344. The van der Waals surface area contributed by atoms with Gasteiger partial charge in [0.1, 0.15) is 0 Å². The second-order valence-electron chi connectivity index (χ2n) is 7.08. The highest BCUT2D eigenvalue weighted by atomic mass is 127. The number of anilines is 2. The Morgan fingerprint density at radius 3 is 2.33 bits per heavy atom. The molecular formula is C22H24IN3O3S. The van der Waals surface area contributed by atoms with Crippen LogP contribution >= 0.6 is 22.6 Å². The summed E-state index contributed by atoms with van der Waals surface area (Å²) in [6.45, 7) is 0.267. The molecule has 0 bridgehead atoms. The normalized spacial score (nSPS) is 11.3. The van der Waals surface area contributed by atoms with Gasteiger partial charge in [0, 0.05) is 46.4 Å². The lowest BCUT2D eigenvalue weighted by molar-refractivity contribution is 0.252. The van der Waals surface area contributed by atoms with Gasteiger partial charge in [0.2, 0.25) is 0 Å². The van der Waals surface area contributed by atoms with Crippen molar-refractivity contribution in [3.05, 3.63) is 64.2 Å². The summed E-state index contributed by atoms with van der Waals surface area (Å²) in [7, 11) is 0.385. The summed E-state index contributed by atoms with van der Waals surface area (Å²) in [6.07, 6.45) is 0.326. The summed E-state index contributed by atoms with van der Waals surface area (Å²) >= 11 is 2.19. The fourth-order valence-electron chi connectivity index (χ4n) is 3.21. The van der Waals surface area contributed by atoms with E-state index in [-0.39, 0.29) is 18.3 Å². The number of fused-ring (bicyclic) bond motifs is 1. The molecule has 30 heavy (non-hydrogen) atoms. The van der Waals surface area contributed by atoms with Crippen molar-refractivity contribution >= 4 is 60.6 Å². The fourth-order valence-corrected chi connectivity index (χ4v) is 5.11. The molecule has 6 nitrogen and oxygen atoms in total. The monoisotopic (exact) mass is 537 g/mol. The summed E-state index contributed by atoms with van der Waals surface area (Å²) in [5.41, 5.74) is 1.66. The van der Waals surface area contributed by atoms with Crippen LogP contribution in [0.1, 0.15) is 6.42 Å². The van der Waals surface area contributed by atoms with Gasteiger partial charge in [-0.05, 0) is 65.4 Å². The van der Waals surface area contributed by atoms with Crippen LogP contribution in [0.5, 0.6) is 0 Å². The molecule has 2 amide bonds. The van der Waals surface area contributed by atoms with Crippen LogP contribution in [0, 0.1) is 3.57 Å². The summed E-state index contributed by atoms with van der Waals surface area (Å²) in [4.78, 5) is 14.3. The first-order valence-electron chi connectivity index (χ1n) is 9.50. The molecule has 0 fully saturated rings. The molecule has 0 saturated carbocycles. The molecule has 8 heteroatoms. The summed E-state index contributed by atoms with van der Waals surface area (Å²) in [5, 5.41) is 7.06. The third-order valence-corrected chi connectivity index (χ3v) is 7.22. The van der Waals surface area contributed by atoms with Gasteiger partial charge in [-0.15, -0.1) is 0 Å². The first kappa shape index (κ1) is 22.4. The van der Waals surface area contributed by atoms with Crippen LogP contribution in [0.25, 0.3) is 10.8 Å². The number of nitrogens with one attached hydrogen (secondary N) is 2. The van der Waals surface area contributed by atoms with E-state index < -0.39 is 9.84 Å². The van der Waals surface area contributed by atoms with Gasteiger partial charge in [0.05, 0.1) is 10.6 Å². The van der Waals surface area contributed by atoms with Crippen LogP contribution in [0.15, 0.2) is 65.6 Å². The Balaban J connectivity index is 1.62. The first-order valence-corrected chi connectivity index (χ1v) is 12.2. The zero-order chi connectivity index (χ0) is 21.7. The molecule has 158 valence electrons. The standard InChI is InChI=1S/C22H24IN3O3S/c1-26(2)20-8-3-7-19-18(20)6-4-9-21(19)30(28,29)15-5-14-24-22(27)25-17-12-10-16(23)11-13-17/h3-4,6-13H,5,14-15H2,1-2H3,(H2,24,25,27). The van der Waals surface area contributed by atoms with E-state index in [1.807, 2.05) is 67.5 Å². The van der Waals surface area contributed by atoms with Crippen molar-refractivity contribution in [2.45, 2.75) is 11.3 Å². The van der Waals surface area contributed by atoms with Crippen LogP contribution in [-0.2, 0) is 9.84 Å². The lowest BCUT2D eigenvalue weighted by Crippen LogP contribution is -2.30. The minimum Gasteiger partial charge on any atom is -0.377 e. The molecule has 0 aliphatic rings. The number of sulfone groups is 1. The van der Waals surface area contributed by atoms with Crippen molar-refractivity contribution in [2.24, 2.45) is 0 Å². The molecule has 3 aromatic rings. The smallest absolute Gasteiger partial charge is 0.319 e. The van der Waals surface area contributed by atoms with Gasteiger partial charge >= 0.3 is 6.03 Å². The molecule has 0 aliphatic heterocycles. The number of rotatable bonds is 7. The number of hydrogen-bond donors (Lipinski definition) is 2. The van der Waals surface area contributed by atoms with Crippen molar-refractivity contribution in [1.82, 2.24) is 5.32 Å². The minimum absolute atomic E-state index is 0.0396. The predicted octanol–water partition coefficient (Wildman–Crippen LogP) is 4.50. The summed E-state index contributed by atoms with van der Waals surface area (Å²) < 4.78 is 27.0. The Morgan fingerprint density at radius 2 is 1.63 bits per heavy atom. The predicted molar refractivity (Wildman–Crippen MR) is 131 cm³/mol. The second-order valence-corrected chi connectivity index (χ2v) is 10.4. The number of urea groups is 1. The Hall–Kier alpha value is -2.33. The molecule has 2 N–H and O–H groups in total. The third-order valence-electron chi connectivity index (χ3n) is 4.65. The number of carbonyl (C=O) groups is 1. The van der Waals surface area contributed by atoms with E-state index in [2.05, 4.69) is 33.2 Å². The van der Waals surface area contributed by atoms with Gasteiger partial charge in [-0.3, -0.25) is 0 Å². The Kier molecular flexibility index (Phi) is 7.19. The molecule has 0 aliphatic carbocycles. The molecule has 3 rings (SSSR count). The van der Waals surface area contributed by atoms with E-state index in [0.29, 0.717) is 22.4 Å². The maximum Gasteiger partial charge on any atom is 0.319 e. The average Bonchev–Trinajstić information content (AvgIpc) is 2.72. The average molecular weight is 537 g/mol. The van der Waals surface area contributed by atoms with Crippen LogP contribution in [0.2, 0.25) is 0 Å². The van der Waals surface area contributed by atoms with Crippen molar-refractivity contribution < 1.29 is 13.2 Å². The van der Waals surface area contributed by atoms with Gasteiger partial charge in [-0.1, -0.05) is 24.3 Å². The lowest BCUT2D eigenvalue weighted by Gasteiger charge is -2.17. The van der Waals surface area contributed by atoms with Gasteiger partial charge in [-0.2, -0.15) is 0 Å². The zero-order valence-electron chi connectivity index (χ0n) is 16.9. The Morgan fingerprint density at radius 1 is 0.967 bits per heavy atom. The van der Waals surface area contributed by atoms with Crippen LogP contribution < -0.4 is 15.5 Å². The van der Waals surface area contributed by atoms with Crippen molar-refractivity contribution in [3.63, 3.8) is 0 Å². The van der Waals surface area contributed by atoms with Crippen LogP contribution in [-0.4, -0.2) is 40.8 Å². The topological polar surface area (TPSA) is 78.5 Å². The molecule has 0 spiro atoms. The van der Waals surface area contributed by atoms with E-state index >= 15 is 0 Å². The molecule has 0 saturated heterocycles. The van der Waals surface area contributed by atoms with Crippen molar-refractivity contribution in [3.8, 4) is 0 Å². The molecule has 0 aromatic heterocycles. The van der Waals surface area contributed by atoms with E-state index in [9.17, 15) is 13.2 Å². The maximum absolute atomic E-state index is 13.0. The minimum atomic E-state index is -3.48. The van der Waals surface area contributed by atoms with Crippen molar-refractivity contribution in [1.29, 1.82) is 0 Å². The number of nitrogens with zero attached hydrogens (tertiary/aromatic N) is 1. The highest BCUT2D eigenvalue weighted by molar-refractivity contribution is 14.1. The SMILES string of the molecule is CN(C)c1cccc2c(S(=O)(=O)CCCNC(=O)Nc3ccc(I)cc3)cccc12. The Labute approximate surface area is 190 Å². The van der Waals surface area contributed by atoms with Gasteiger partial charge < -0.3 is 15.5 Å². The Bertz CT molecular complexity index is 1150. The van der Waals surface area contributed by atoms with E-state index in [1.54, 1.807) is 12.1 Å². The number of amides is 2. The molecule has 0 unspecified atom stereocenters. The molecule has 0 heterocycles. The van der Waals surface area contributed by atoms with Gasteiger partial charge in [-0.25, -0.2) is 13.2 Å². The number of hydrogen-bond acceptors (Lipinski definition) is 4. The first-order chi connectivity index (χ1) is 14.3. The highest BCUT2D eigenvalue weighted by Crippen LogP contribution is 2.30. The van der Waals surface area contributed by atoms with E-state index in [0.717, 1.165) is 14.6 Å². The third kappa shape index (κ3) is 5.42. The summed E-state index contributed by atoms with van der Waals surface area (Å²) in [5.74, 6) is -0.0396. The van der Waals surface area contributed by atoms with Gasteiger partial charge in [0.15, 0.2) is 9.84 Å². The summed E-state index contributed by atoms with van der Waals surface area (Å²) in [6, 6.07) is 18.1. The maximum atomic E-state index is 13.0. The number of halogens is 1.